The molecule has 0 aromatic rings. The minimum absolute atomic E-state index is 0.0252. The number of nitrogens with zero attached hydrogens (tertiary/aromatic N) is 5. The van der Waals surface area contributed by atoms with Crippen molar-refractivity contribution in [3.8, 4) is 0 Å². The van der Waals surface area contributed by atoms with Crippen LogP contribution < -0.4 is 5.32 Å². The van der Waals surface area contributed by atoms with Gasteiger partial charge in [0.25, 0.3) is 0 Å². The van der Waals surface area contributed by atoms with Gasteiger partial charge in [0.2, 0.25) is 17.7 Å². The molecule has 1 atom stereocenters. The quantitative estimate of drug-likeness (QED) is 0.124. The molecule has 0 saturated carbocycles. The molecule has 0 unspecified atom stereocenters. The van der Waals surface area contributed by atoms with Crippen LogP contribution in [-0.4, -0.2) is 172 Å². The van der Waals surface area contributed by atoms with Crippen LogP contribution in [0.25, 0.3) is 0 Å². The molecular weight excluding hydrogens is 524 g/mol. The number of imide groups is 1. The number of amides is 3. The predicted molar refractivity (Wildman–Crippen MR) is 136 cm³/mol. The van der Waals surface area contributed by atoms with E-state index < -0.39 is 29.1 Å². The van der Waals surface area contributed by atoms with Crippen molar-refractivity contribution in [3.63, 3.8) is 0 Å². The molecule has 2 rings (SSSR count). The molecule has 4 N–H and O–H groups in total. The highest BCUT2D eigenvalue weighted by atomic mass is 32.1. The monoisotopic (exact) mass is 560 g/mol. The summed E-state index contributed by atoms with van der Waals surface area (Å²) in [6.45, 7) is 1.62. The lowest BCUT2D eigenvalue weighted by Gasteiger charge is -2.32. The summed E-state index contributed by atoms with van der Waals surface area (Å²) in [6, 6.07) is 0. The van der Waals surface area contributed by atoms with Gasteiger partial charge in [-0.3, -0.25) is 53.3 Å². The van der Waals surface area contributed by atoms with E-state index in [-0.39, 0.29) is 83.7 Å². The van der Waals surface area contributed by atoms with Gasteiger partial charge >= 0.3 is 17.9 Å². The number of carbonyl (C=O) groups excluding carboxylic acids is 3. The topological polar surface area (TPSA) is 191 Å². The summed E-state index contributed by atoms with van der Waals surface area (Å²) in [7, 11) is 0. The van der Waals surface area contributed by atoms with Crippen molar-refractivity contribution in [1.29, 1.82) is 0 Å². The number of hydrogen-bond acceptors (Lipinski definition) is 11. The number of rotatable bonds is 11. The van der Waals surface area contributed by atoms with E-state index in [0.29, 0.717) is 26.2 Å². The molecule has 3 amide bonds. The van der Waals surface area contributed by atoms with E-state index in [1.165, 1.54) is 0 Å². The Balaban J connectivity index is 2.01. The van der Waals surface area contributed by atoms with Crippen molar-refractivity contribution in [2.75, 3.05) is 91.6 Å². The smallest absolute Gasteiger partial charge is 0.317 e. The van der Waals surface area contributed by atoms with Crippen molar-refractivity contribution in [2.24, 2.45) is 0 Å². The zero-order valence-electron chi connectivity index (χ0n) is 21.2. The Morgan fingerprint density at radius 3 is 1.39 bits per heavy atom. The summed E-state index contributed by atoms with van der Waals surface area (Å²) in [4.78, 5) is 78.2. The molecule has 0 aromatic heterocycles. The Labute approximate surface area is 225 Å². The van der Waals surface area contributed by atoms with Crippen molar-refractivity contribution < 1.29 is 44.1 Å². The molecule has 0 radical (unpaired) electrons. The van der Waals surface area contributed by atoms with Gasteiger partial charge in [0, 0.05) is 71.9 Å². The standard InChI is InChI=1S/C22H36N6O9S/c29-17(23-1-2-28-18(30)11-16(38)22(28)37)12-24-3-5-25(13-19(31)32)7-9-27(15-21(35)36)10-8-26(6-4-24)14-20(33)34/h16,38H,1-15H2,(H,23,29)(H,31,32)(H,33,34)(H,35,36)/t16-/m0/s1. The SMILES string of the molecule is O=C(O)CN1CCN(CC(=O)O)CCN(CC(=O)NCCN2C(=O)C[C@H](S)C2=O)CCN(CC(=O)O)CC1. The number of hydrogen-bond donors (Lipinski definition) is 5. The van der Waals surface area contributed by atoms with Gasteiger partial charge in [0.05, 0.1) is 31.4 Å². The van der Waals surface area contributed by atoms with Crippen molar-refractivity contribution >= 4 is 48.3 Å². The van der Waals surface area contributed by atoms with E-state index in [1.807, 2.05) is 0 Å². The van der Waals surface area contributed by atoms with Crippen LogP contribution in [-0.2, 0) is 28.8 Å². The second kappa shape index (κ2) is 15.6. The Hall–Kier alpha value is -2.79. The zero-order chi connectivity index (χ0) is 28.2. The first kappa shape index (κ1) is 31.4. The van der Waals surface area contributed by atoms with E-state index in [2.05, 4.69) is 17.9 Å². The van der Waals surface area contributed by atoms with E-state index >= 15 is 0 Å². The van der Waals surface area contributed by atoms with Crippen molar-refractivity contribution in [1.82, 2.24) is 29.8 Å². The minimum Gasteiger partial charge on any atom is -0.480 e. The van der Waals surface area contributed by atoms with Gasteiger partial charge in [-0.25, -0.2) is 0 Å². The second-order valence-corrected chi connectivity index (χ2v) is 9.86. The third kappa shape index (κ3) is 11.3. The van der Waals surface area contributed by atoms with Crippen molar-refractivity contribution in [3.05, 3.63) is 0 Å². The number of carbonyl (C=O) groups is 6. The average molecular weight is 561 g/mol. The van der Waals surface area contributed by atoms with Crippen LogP contribution in [0.3, 0.4) is 0 Å². The normalized spacial score (nSPS) is 21.6. The zero-order valence-corrected chi connectivity index (χ0v) is 22.1. The molecule has 2 heterocycles. The Bertz CT molecular complexity index is 859. The first-order chi connectivity index (χ1) is 17.9. The average Bonchev–Trinajstić information content (AvgIpc) is 3.05. The lowest BCUT2D eigenvalue weighted by Crippen LogP contribution is -2.50. The fourth-order valence-electron chi connectivity index (χ4n) is 4.25. The summed E-state index contributed by atoms with van der Waals surface area (Å²) in [5.74, 6) is -4.20. The number of thiol groups is 1. The van der Waals surface area contributed by atoms with Gasteiger partial charge in [-0.1, -0.05) is 0 Å². The maximum atomic E-state index is 12.6. The first-order valence-corrected chi connectivity index (χ1v) is 12.8. The lowest BCUT2D eigenvalue weighted by molar-refractivity contribution is -0.140. The molecule has 16 heteroatoms. The van der Waals surface area contributed by atoms with Crippen LogP contribution in [0.5, 0.6) is 0 Å². The highest BCUT2D eigenvalue weighted by Gasteiger charge is 2.35. The Morgan fingerprint density at radius 1 is 0.711 bits per heavy atom. The fraction of sp³-hybridized carbons (Fsp3) is 0.727. The second-order valence-electron chi connectivity index (χ2n) is 9.24. The highest BCUT2D eigenvalue weighted by molar-refractivity contribution is 7.81. The lowest BCUT2D eigenvalue weighted by atomic mass is 10.3. The van der Waals surface area contributed by atoms with Crippen LogP contribution >= 0.6 is 12.6 Å². The van der Waals surface area contributed by atoms with Crippen LogP contribution in [0.4, 0.5) is 0 Å². The molecule has 2 aliphatic heterocycles. The molecule has 38 heavy (non-hydrogen) atoms. The molecular formula is C22H36N6O9S. The van der Waals surface area contributed by atoms with Crippen LogP contribution in [0.1, 0.15) is 6.42 Å². The third-order valence-electron chi connectivity index (χ3n) is 6.25. The van der Waals surface area contributed by atoms with E-state index in [0.717, 1.165) is 4.90 Å². The molecule has 15 nitrogen and oxygen atoms in total. The maximum Gasteiger partial charge on any atom is 0.317 e. The van der Waals surface area contributed by atoms with Crippen LogP contribution in [0.2, 0.25) is 0 Å². The fourth-order valence-corrected chi connectivity index (χ4v) is 4.55. The van der Waals surface area contributed by atoms with E-state index in [1.54, 1.807) is 19.6 Å². The minimum atomic E-state index is -1.03. The number of nitrogens with one attached hydrogen (secondary N) is 1. The van der Waals surface area contributed by atoms with Gasteiger partial charge in [0.1, 0.15) is 0 Å². The largest absolute Gasteiger partial charge is 0.480 e. The molecule has 0 aromatic carbocycles. The number of likely N-dealkylation sites (tertiary alicyclic amines) is 1. The Kier molecular flexibility index (Phi) is 12.9. The Morgan fingerprint density at radius 2 is 1.08 bits per heavy atom. The van der Waals surface area contributed by atoms with E-state index in [9.17, 15) is 44.1 Å². The molecule has 0 aliphatic carbocycles. The summed E-state index contributed by atoms with van der Waals surface area (Å²) < 4.78 is 0. The predicted octanol–water partition coefficient (Wildman–Crippen LogP) is -3.36. The molecule has 2 fully saturated rings. The number of aliphatic carboxylic acids is 3. The van der Waals surface area contributed by atoms with Crippen LogP contribution in [0.15, 0.2) is 0 Å². The van der Waals surface area contributed by atoms with Gasteiger partial charge in [-0.2, -0.15) is 12.6 Å². The summed E-state index contributed by atoms with van der Waals surface area (Å²) >= 11 is 4.06. The number of carboxylic acids is 3. The first-order valence-electron chi connectivity index (χ1n) is 12.3. The summed E-state index contributed by atoms with van der Waals surface area (Å²) in [5, 5.41) is 29.8. The molecule has 2 aliphatic rings. The van der Waals surface area contributed by atoms with Gasteiger partial charge in [-0.15, -0.1) is 0 Å². The van der Waals surface area contributed by atoms with Gasteiger partial charge < -0.3 is 20.6 Å². The van der Waals surface area contributed by atoms with Gasteiger partial charge in [-0.05, 0) is 0 Å². The van der Waals surface area contributed by atoms with E-state index in [4.69, 9.17) is 0 Å². The van der Waals surface area contributed by atoms with Gasteiger partial charge in [0.15, 0.2) is 0 Å². The summed E-state index contributed by atoms with van der Waals surface area (Å²) in [6.07, 6.45) is 0.0252. The maximum absolute atomic E-state index is 12.6. The highest BCUT2D eigenvalue weighted by Crippen LogP contribution is 2.16. The summed E-state index contributed by atoms with van der Waals surface area (Å²) in [5.41, 5.74) is 0. The molecule has 2 saturated heterocycles. The number of carboxylic acid groups (broad SMARTS) is 3. The molecule has 214 valence electrons. The molecule has 0 spiro atoms. The van der Waals surface area contributed by atoms with Crippen LogP contribution in [0, 0.1) is 0 Å². The van der Waals surface area contributed by atoms with Crippen molar-refractivity contribution in [2.45, 2.75) is 11.7 Å². The third-order valence-corrected chi connectivity index (χ3v) is 6.65. The molecule has 0 bridgehead atoms.